The van der Waals surface area contributed by atoms with Gasteiger partial charge in [0.2, 0.25) is 5.88 Å². The number of ether oxygens (including phenoxy) is 2. The fourth-order valence-electron chi connectivity index (χ4n) is 4.54. The lowest BCUT2D eigenvalue weighted by Gasteiger charge is -2.56. The molecule has 2 amide bonds. The zero-order valence-corrected chi connectivity index (χ0v) is 19.5. The van der Waals surface area contributed by atoms with Gasteiger partial charge >= 0.3 is 0 Å². The van der Waals surface area contributed by atoms with Crippen molar-refractivity contribution in [2.45, 2.75) is 49.3 Å². The van der Waals surface area contributed by atoms with Crippen LogP contribution in [0.4, 0.5) is 4.39 Å². The van der Waals surface area contributed by atoms with Crippen LogP contribution in [-0.2, 0) is 9.59 Å². The number of carbonyl (C=O) groups excluding carboxylic acids is 2. The Bertz CT molecular complexity index is 1060. The quantitative estimate of drug-likeness (QED) is 0.496. The Morgan fingerprint density at radius 1 is 1.03 bits per heavy atom. The average Bonchev–Trinajstić information content (AvgIpc) is 2.81. The number of aliphatic hydroxyl groups is 1. The highest BCUT2D eigenvalue weighted by Crippen LogP contribution is 2.47. The van der Waals surface area contributed by atoms with Crippen molar-refractivity contribution in [1.82, 2.24) is 20.8 Å². The van der Waals surface area contributed by atoms with Gasteiger partial charge in [0.05, 0.1) is 16.7 Å². The molecule has 3 aliphatic rings. The van der Waals surface area contributed by atoms with Crippen molar-refractivity contribution in [1.29, 1.82) is 0 Å². The number of nitrogens with one attached hydrogen (secondary N) is 2. The third kappa shape index (κ3) is 5.51. The number of hydrogen-bond donors (Lipinski definition) is 3. The Hall–Kier alpha value is -2.69. The van der Waals surface area contributed by atoms with Crippen LogP contribution >= 0.6 is 23.2 Å². The Labute approximate surface area is 204 Å². The number of amides is 2. The van der Waals surface area contributed by atoms with Crippen molar-refractivity contribution in [3.63, 3.8) is 0 Å². The van der Waals surface area contributed by atoms with Crippen LogP contribution in [0.5, 0.6) is 11.6 Å². The summed E-state index contributed by atoms with van der Waals surface area (Å²) in [6.07, 6.45) is 1.58. The lowest BCUT2D eigenvalue weighted by atomic mass is 9.60. The molecule has 3 N–H and O–H groups in total. The zero-order chi connectivity index (χ0) is 24.3. The van der Waals surface area contributed by atoms with Gasteiger partial charge in [0.25, 0.3) is 11.8 Å². The summed E-state index contributed by atoms with van der Waals surface area (Å²) in [4.78, 5) is 24.9. The smallest absolute Gasteiger partial charge is 0.258 e. The van der Waals surface area contributed by atoms with Crippen LogP contribution in [0.25, 0.3) is 0 Å². The summed E-state index contributed by atoms with van der Waals surface area (Å²) >= 11 is 11.3. The second kappa shape index (κ2) is 9.89. The minimum atomic E-state index is -0.846. The normalized spacial score (nSPS) is 25.5. The molecule has 0 spiro atoms. The molecule has 2 bridgehead atoms. The summed E-state index contributed by atoms with van der Waals surface area (Å²) < 4.78 is 24.2. The van der Waals surface area contributed by atoms with Gasteiger partial charge in [0.15, 0.2) is 18.4 Å². The molecular weight excluding hydrogens is 490 g/mol. The van der Waals surface area contributed by atoms with E-state index in [2.05, 4.69) is 20.8 Å². The maximum absolute atomic E-state index is 13.5. The number of rotatable bonds is 8. The number of halogens is 3. The van der Waals surface area contributed by atoms with E-state index < -0.39 is 28.9 Å². The fraction of sp³-hybridized carbons (Fsp3) is 0.455. The minimum absolute atomic E-state index is 0.0325. The average molecular weight is 513 g/mol. The van der Waals surface area contributed by atoms with Gasteiger partial charge in [-0.05, 0) is 50.3 Å². The topological polar surface area (TPSA) is 123 Å². The molecule has 1 aromatic heterocycles. The van der Waals surface area contributed by atoms with E-state index >= 15 is 0 Å². The van der Waals surface area contributed by atoms with Crippen LogP contribution in [0.2, 0.25) is 10.2 Å². The van der Waals surface area contributed by atoms with E-state index in [-0.39, 0.29) is 47.3 Å². The second-order valence-electron chi connectivity index (χ2n) is 8.60. The van der Waals surface area contributed by atoms with E-state index in [1.54, 1.807) is 0 Å². The monoisotopic (exact) mass is 512 g/mol. The fourth-order valence-corrected chi connectivity index (χ4v) is 4.76. The van der Waals surface area contributed by atoms with Crippen molar-refractivity contribution in [2.75, 3.05) is 13.2 Å². The molecule has 34 heavy (non-hydrogen) atoms. The van der Waals surface area contributed by atoms with Gasteiger partial charge in [-0.1, -0.05) is 23.2 Å². The van der Waals surface area contributed by atoms with Crippen LogP contribution in [0.3, 0.4) is 0 Å². The SMILES string of the molecule is O=C(COc1ccc(Cl)c(F)c1)NC12CCC(NC(=O)COc3ccc(Cl)nn3)(CC1)[C@H](O)C2. The molecule has 182 valence electrons. The van der Waals surface area contributed by atoms with E-state index in [0.717, 1.165) is 6.07 Å². The van der Waals surface area contributed by atoms with Crippen molar-refractivity contribution >= 4 is 35.0 Å². The van der Waals surface area contributed by atoms with Crippen LogP contribution in [0.1, 0.15) is 32.1 Å². The molecule has 0 unspecified atom stereocenters. The van der Waals surface area contributed by atoms with Crippen LogP contribution in [0, 0.1) is 5.82 Å². The molecule has 12 heteroatoms. The molecule has 1 atom stereocenters. The first-order valence-corrected chi connectivity index (χ1v) is 11.4. The molecule has 1 aromatic carbocycles. The molecule has 0 aliphatic heterocycles. The molecule has 1 heterocycles. The Kier molecular flexibility index (Phi) is 7.11. The molecule has 3 fully saturated rings. The highest BCUT2D eigenvalue weighted by atomic mass is 35.5. The number of benzene rings is 1. The van der Waals surface area contributed by atoms with Gasteiger partial charge in [-0.2, -0.15) is 0 Å². The van der Waals surface area contributed by atoms with Gasteiger partial charge in [-0.3, -0.25) is 9.59 Å². The van der Waals surface area contributed by atoms with Crippen LogP contribution in [-0.4, -0.2) is 57.5 Å². The summed E-state index contributed by atoms with van der Waals surface area (Å²) in [6.45, 7) is -0.582. The lowest BCUT2D eigenvalue weighted by Crippen LogP contribution is -2.70. The van der Waals surface area contributed by atoms with E-state index in [1.807, 2.05) is 0 Å². The molecule has 3 aliphatic carbocycles. The first kappa shape index (κ1) is 24.4. The predicted molar refractivity (Wildman–Crippen MR) is 120 cm³/mol. The molecule has 5 rings (SSSR count). The van der Waals surface area contributed by atoms with Gasteiger partial charge in [-0.15, -0.1) is 10.2 Å². The molecule has 2 aromatic rings. The van der Waals surface area contributed by atoms with Crippen LogP contribution < -0.4 is 20.1 Å². The molecular formula is C22H23Cl2FN4O5. The Morgan fingerprint density at radius 3 is 2.38 bits per heavy atom. The van der Waals surface area contributed by atoms with Gasteiger partial charge in [0, 0.05) is 17.7 Å². The van der Waals surface area contributed by atoms with E-state index in [4.69, 9.17) is 32.7 Å². The van der Waals surface area contributed by atoms with E-state index in [9.17, 15) is 19.1 Å². The van der Waals surface area contributed by atoms with Crippen molar-refractivity contribution < 1.29 is 28.6 Å². The Morgan fingerprint density at radius 2 is 1.74 bits per heavy atom. The maximum atomic E-state index is 13.5. The summed E-state index contributed by atoms with van der Waals surface area (Å²) in [6, 6.07) is 6.94. The highest BCUT2D eigenvalue weighted by Gasteiger charge is 2.55. The largest absolute Gasteiger partial charge is 0.484 e. The predicted octanol–water partition coefficient (Wildman–Crippen LogP) is 2.43. The summed E-state index contributed by atoms with van der Waals surface area (Å²) in [5, 5.41) is 24.2. The van der Waals surface area contributed by atoms with Crippen LogP contribution in [0.15, 0.2) is 30.3 Å². The van der Waals surface area contributed by atoms with Gasteiger partial charge in [0.1, 0.15) is 11.6 Å². The summed E-state index contributed by atoms with van der Waals surface area (Å²) in [7, 11) is 0. The number of fused-ring (bicyclic) bond motifs is 3. The van der Waals surface area contributed by atoms with E-state index in [0.29, 0.717) is 25.7 Å². The zero-order valence-electron chi connectivity index (χ0n) is 18.0. The molecule has 3 saturated carbocycles. The highest BCUT2D eigenvalue weighted by molar-refractivity contribution is 6.30. The molecule has 9 nitrogen and oxygen atoms in total. The van der Waals surface area contributed by atoms with Crippen molar-refractivity contribution in [2.24, 2.45) is 0 Å². The first-order chi connectivity index (χ1) is 16.2. The number of aliphatic hydroxyl groups excluding tert-OH is 1. The third-order valence-corrected chi connectivity index (χ3v) is 6.84. The van der Waals surface area contributed by atoms with Crippen molar-refractivity contribution in [3.05, 3.63) is 46.3 Å². The lowest BCUT2D eigenvalue weighted by molar-refractivity contribution is -0.137. The number of aromatic nitrogens is 2. The first-order valence-electron chi connectivity index (χ1n) is 10.7. The summed E-state index contributed by atoms with van der Waals surface area (Å²) in [5.41, 5.74) is -1.37. The number of carbonyl (C=O) groups is 2. The van der Waals surface area contributed by atoms with Gasteiger partial charge < -0.3 is 25.2 Å². The van der Waals surface area contributed by atoms with E-state index in [1.165, 1.54) is 24.3 Å². The number of nitrogens with zero attached hydrogens (tertiary/aromatic N) is 2. The van der Waals surface area contributed by atoms with Gasteiger partial charge in [-0.25, -0.2) is 4.39 Å². The van der Waals surface area contributed by atoms with Crippen molar-refractivity contribution in [3.8, 4) is 11.6 Å². The standard InChI is InChI=1S/C22H23Cl2FN4O5/c23-14-2-1-13(9-15(14)25)33-11-18(31)26-21-5-7-22(8-6-21,16(30)10-21)27-19(32)12-34-20-4-3-17(24)28-29-20/h1-4,9,16,30H,5-8,10-12H2,(H,26,31)(H,27,32)/t16-,21?,22?/m1/s1. The number of hydrogen-bond acceptors (Lipinski definition) is 7. The second-order valence-corrected chi connectivity index (χ2v) is 9.39. The summed E-state index contributed by atoms with van der Waals surface area (Å²) in [5.74, 6) is -1.05. The maximum Gasteiger partial charge on any atom is 0.258 e. The molecule has 0 saturated heterocycles. The Balaban J connectivity index is 1.27. The third-order valence-electron chi connectivity index (χ3n) is 6.33. The molecule has 0 radical (unpaired) electrons. The minimum Gasteiger partial charge on any atom is -0.484 e.